The lowest BCUT2D eigenvalue weighted by molar-refractivity contribution is -0.157. The summed E-state index contributed by atoms with van der Waals surface area (Å²) < 4.78 is 0. The standard InChI is InChI=1S/C19H35N5O5/c1-5-7-9-10-16(12-23(28)13-25)18(26)24(11-8-6-2)21-19(27)20-17-14(3)22-29-15(17)4/h13,15-16,22,28H,5-12H2,1-4H3,(H2,20,21,27). The molecule has 29 heavy (non-hydrogen) atoms. The molecule has 10 heteroatoms. The van der Waals surface area contributed by atoms with E-state index in [4.69, 9.17) is 4.84 Å². The van der Waals surface area contributed by atoms with E-state index in [0.717, 1.165) is 25.7 Å². The third kappa shape index (κ3) is 8.28. The number of allylic oxidation sites excluding steroid dienone is 1. The maximum Gasteiger partial charge on any atom is 0.338 e. The minimum Gasteiger partial charge on any atom is -0.306 e. The number of hydrogen-bond donors (Lipinski definition) is 4. The van der Waals surface area contributed by atoms with Crippen molar-refractivity contribution in [1.82, 2.24) is 26.3 Å². The van der Waals surface area contributed by atoms with Gasteiger partial charge in [-0.2, -0.15) is 0 Å². The maximum absolute atomic E-state index is 13.1. The molecule has 2 atom stereocenters. The van der Waals surface area contributed by atoms with Crippen LogP contribution in [-0.4, -0.2) is 52.8 Å². The zero-order valence-corrected chi connectivity index (χ0v) is 17.9. The number of hydroxylamine groups is 3. The Labute approximate surface area is 172 Å². The Morgan fingerprint density at radius 3 is 2.52 bits per heavy atom. The molecule has 0 fully saturated rings. The SMILES string of the molecule is CCCCCC(CN(O)C=O)C(=O)N(CCCC)NC(=O)NC1=C(C)NOC1C. The number of hydrazine groups is 1. The molecule has 1 aliphatic rings. The van der Waals surface area contributed by atoms with Crippen LogP contribution in [-0.2, 0) is 14.4 Å². The first-order chi connectivity index (χ1) is 13.8. The molecule has 2 unspecified atom stereocenters. The van der Waals surface area contributed by atoms with E-state index in [2.05, 4.69) is 23.1 Å². The Morgan fingerprint density at radius 2 is 1.97 bits per heavy atom. The highest BCUT2D eigenvalue weighted by atomic mass is 16.7. The Morgan fingerprint density at radius 1 is 1.28 bits per heavy atom. The summed E-state index contributed by atoms with van der Waals surface area (Å²) in [4.78, 5) is 41.6. The van der Waals surface area contributed by atoms with E-state index >= 15 is 0 Å². The number of urea groups is 1. The number of nitrogens with one attached hydrogen (secondary N) is 3. The van der Waals surface area contributed by atoms with E-state index in [-0.39, 0.29) is 25.0 Å². The second-order valence-corrected chi connectivity index (χ2v) is 7.23. The normalized spacial score (nSPS) is 16.8. The summed E-state index contributed by atoms with van der Waals surface area (Å²) in [6.45, 7) is 7.83. The van der Waals surface area contributed by atoms with Crippen LogP contribution in [0.4, 0.5) is 4.79 Å². The summed E-state index contributed by atoms with van der Waals surface area (Å²) in [5, 5.41) is 14.1. The van der Waals surface area contributed by atoms with Crippen molar-refractivity contribution in [2.45, 2.75) is 72.3 Å². The zero-order valence-electron chi connectivity index (χ0n) is 17.9. The van der Waals surface area contributed by atoms with Gasteiger partial charge in [0.05, 0.1) is 23.9 Å². The zero-order chi connectivity index (χ0) is 21.8. The van der Waals surface area contributed by atoms with Crippen molar-refractivity contribution < 1.29 is 24.4 Å². The van der Waals surface area contributed by atoms with Gasteiger partial charge in [-0.1, -0.05) is 39.5 Å². The van der Waals surface area contributed by atoms with Gasteiger partial charge in [0, 0.05) is 6.54 Å². The molecule has 0 spiro atoms. The molecule has 1 aliphatic heterocycles. The maximum atomic E-state index is 13.1. The number of rotatable bonds is 12. The molecule has 0 radical (unpaired) electrons. The van der Waals surface area contributed by atoms with E-state index in [0.29, 0.717) is 35.8 Å². The summed E-state index contributed by atoms with van der Waals surface area (Å²) in [6.07, 6.45) is 4.74. The molecule has 0 saturated carbocycles. The van der Waals surface area contributed by atoms with Crippen LogP contribution in [0, 0.1) is 5.92 Å². The quantitative estimate of drug-likeness (QED) is 0.168. The van der Waals surface area contributed by atoms with Crippen molar-refractivity contribution in [3.63, 3.8) is 0 Å². The van der Waals surface area contributed by atoms with Crippen molar-refractivity contribution in [3.8, 4) is 0 Å². The fourth-order valence-electron chi connectivity index (χ4n) is 3.02. The molecule has 0 aromatic carbocycles. The molecule has 1 heterocycles. The van der Waals surface area contributed by atoms with Crippen LogP contribution in [0.15, 0.2) is 11.4 Å². The number of hydrogen-bond acceptors (Lipinski definition) is 6. The first-order valence-electron chi connectivity index (χ1n) is 10.3. The van der Waals surface area contributed by atoms with Crippen LogP contribution in [0.2, 0.25) is 0 Å². The van der Waals surface area contributed by atoms with Crippen LogP contribution >= 0.6 is 0 Å². The van der Waals surface area contributed by atoms with E-state index in [1.165, 1.54) is 5.01 Å². The highest BCUT2D eigenvalue weighted by molar-refractivity contribution is 5.83. The predicted molar refractivity (Wildman–Crippen MR) is 107 cm³/mol. The molecule has 0 aromatic rings. The van der Waals surface area contributed by atoms with Crippen LogP contribution in [0.5, 0.6) is 0 Å². The molecule has 0 aliphatic carbocycles. The lowest BCUT2D eigenvalue weighted by Crippen LogP contribution is -2.53. The second-order valence-electron chi connectivity index (χ2n) is 7.23. The van der Waals surface area contributed by atoms with Gasteiger partial charge >= 0.3 is 6.03 Å². The third-order valence-corrected chi connectivity index (χ3v) is 4.72. The number of carbonyl (C=O) groups excluding carboxylic acids is 3. The van der Waals surface area contributed by atoms with Crippen molar-refractivity contribution in [1.29, 1.82) is 0 Å². The fraction of sp³-hybridized carbons (Fsp3) is 0.737. The molecular weight excluding hydrogens is 378 g/mol. The van der Waals surface area contributed by atoms with E-state index < -0.39 is 11.9 Å². The summed E-state index contributed by atoms with van der Waals surface area (Å²) >= 11 is 0. The average Bonchev–Trinajstić information content (AvgIpc) is 3.01. The number of unbranched alkanes of at least 4 members (excludes halogenated alkanes) is 3. The van der Waals surface area contributed by atoms with Crippen LogP contribution in [0.1, 0.15) is 66.2 Å². The highest BCUT2D eigenvalue weighted by Gasteiger charge is 2.28. The topological polar surface area (TPSA) is 123 Å². The average molecular weight is 414 g/mol. The molecule has 1 rings (SSSR count). The summed E-state index contributed by atoms with van der Waals surface area (Å²) in [5.74, 6) is -0.935. The Kier molecular flexibility index (Phi) is 11.1. The Hall–Kier alpha value is -2.33. The largest absolute Gasteiger partial charge is 0.338 e. The minimum atomic E-state index is -0.606. The lowest BCUT2D eigenvalue weighted by atomic mass is 9.99. The van der Waals surface area contributed by atoms with E-state index in [1.54, 1.807) is 13.8 Å². The third-order valence-electron chi connectivity index (χ3n) is 4.72. The van der Waals surface area contributed by atoms with Crippen LogP contribution < -0.4 is 16.2 Å². The Balaban J connectivity index is 2.84. The number of nitrogens with zero attached hydrogens (tertiary/aromatic N) is 2. The molecule has 10 nitrogen and oxygen atoms in total. The molecule has 0 aromatic heterocycles. The van der Waals surface area contributed by atoms with Gasteiger partial charge in [-0.15, -0.1) is 0 Å². The van der Waals surface area contributed by atoms with E-state index in [1.807, 2.05) is 6.92 Å². The highest BCUT2D eigenvalue weighted by Crippen LogP contribution is 2.16. The van der Waals surface area contributed by atoms with Gasteiger partial charge in [0.2, 0.25) is 12.3 Å². The van der Waals surface area contributed by atoms with Gasteiger partial charge in [-0.25, -0.2) is 15.3 Å². The molecule has 4 N–H and O–H groups in total. The molecule has 0 saturated heterocycles. The molecule has 166 valence electrons. The van der Waals surface area contributed by atoms with Crippen LogP contribution in [0.3, 0.4) is 0 Å². The lowest BCUT2D eigenvalue weighted by Gasteiger charge is -2.29. The van der Waals surface area contributed by atoms with Gasteiger partial charge in [0.1, 0.15) is 6.10 Å². The second kappa shape index (κ2) is 13.0. The van der Waals surface area contributed by atoms with Gasteiger partial charge in [0.25, 0.3) is 0 Å². The summed E-state index contributed by atoms with van der Waals surface area (Å²) in [7, 11) is 0. The first-order valence-corrected chi connectivity index (χ1v) is 10.3. The summed E-state index contributed by atoms with van der Waals surface area (Å²) in [6, 6.07) is -0.550. The van der Waals surface area contributed by atoms with Crippen molar-refractivity contribution in [3.05, 3.63) is 11.4 Å². The summed E-state index contributed by atoms with van der Waals surface area (Å²) in [5.41, 5.74) is 6.59. The monoisotopic (exact) mass is 413 g/mol. The van der Waals surface area contributed by atoms with Crippen molar-refractivity contribution in [2.75, 3.05) is 13.1 Å². The first kappa shape index (κ1) is 24.7. The fourth-order valence-corrected chi connectivity index (χ4v) is 3.02. The molecule has 4 amide bonds. The van der Waals surface area contributed by atoms with Gasteiger partial charge in [-0.05, 0) is 26.7 Å². The van der Waals surface area contributed by atoms with E-state index in [9.17, 15) is 19.6 Å². The van der Waals surface area contributed by atoms with Crippen LogP contribution in [0.25, 0.3) is 0 Å². The molecule has 0 bridgehead atoms. The van der Waals surface area contributed by atoms with Gasteiger partial charge in [0.15, 0.2) is 0 Å². The Bertz CT molecular complexity index is 583. The van der Waals surface area contributed by atoms with Gasteiger partial charge < -0.3 is 5.32 Å². The predicted octanol–water partition coefficient (Wildman–Crippen LogP) is 2.03. The smallest absolute Gasteiger partial charge is 0.306 e. The van der Waals surface area contributed by atoms with Gasteiger partial charge in [-0.3, -0.25) is 30.1 Å². The molecular formula is C19H35N5O5. The minimum absolute atomic E-state index is 0.114. The number of carbonyl (C=O) groups is 3. The number of amides is 4. The van der Waals surface area contributed by atoms with Crippen molar-refractivity contribution in [2.24, 2.45) is 5.92 Å². The van der Waals surface area contributed by atoms with Crippen molar-refractivity contribution >= 4 is 18.3 Å².